The lowest BCUT2D eigenvalue weighted by Gasteiger charge is -2.18. The molecular formula is C12H11FN2O5. The highest BCUT2D eigenvalue weighted by Gasteiger charge is 2.39. The first kappa shape index (κ1) is 13.9. The molecule has 0 spiro atoms. The van der Waals surface area contributed by atoms with Crippen LogP contribution in [0.1, 0.15) is 12.0 Å². The first-order chi connectivity index (χ1) is 9.32. The minimum Gasteiger partial charge on any atom is -0.481 e. The lowest BCUT2D eigenvalue weighted by atomic mass is 10.1. The maximum absolute atomic E-state index is 13.6. The quantitative estimate of drug-likeness (QED) is 0.668. The number of hydrogen-bond donors (Lipinski definition) is 1. The monoisotopic (exact) mass is 282 g/mol. The summed E-state index contributed by atoms with van der Waals surface area (Å²) in [5, 5.41) is 19.9. The van der Waals surface area contributed by atoms with Crippen molar-refractivity contribution in [3.8, 4) is 0 Å². The molecule has 1 aromatic carbocycles. The van der Waals surface area contributed by atoms with Crippen molar-refractivity contribution in [3.05, 3.63) is 33.6 Å². The molecule has 0 saturated carbocycles. The van der Waals surface area contributed by atoms with Crippen LogP contribution in [0, 0.1) is 28.8 Å². The van der Waals surface area contributed by atoms with Gasteiger partial charge >= 0.3 is 5.97 Å². The Bertz CT molecular complexity index is 616. The maximum atomic E-state index is 13.6. The molecule has 1 atom stereocenters. The largest absolute Gasteiger partial charge is 0.481 e. The van der Waals surface area contributed by atoms with E-state index in [1.165, 1.54) is 6.92 Å². The predicted molar refractivity (Wildman–Crippen MR) is 65.9 cm³/mol. The number of aliphatic carboxylic acids is 1. The van der Waals surface area contributed by atoms with E-state index >= 15 is 0 Å². The minimum absolute atomic E-state index is 0.0430. The number of halogens is 1. The summed E-state index contributed by atoms with van der Waals surface area (Å²) in [6.45, 7) is 1.12. The Hall–Kier alpha value is -2.51. The van der Waals surface area contributed by atoms with E-state index in [4.69, 9.17) is 5.11 Å². The SMILES string of the molecule is Cc1c(F)ccc([N+](=O)[O-])c1N1CC(C(=O)O)CC1=O. The van der Waals surface area contributed by atoms with Gasteiger partial charge in [-0.25, -0.2) is 4.39 Å². The second kappa shape index (κ2) is 4.87. The number of benzene rings is 1. The van der Waals surface area contributed by atoms with E-state index in [1.54, 1.807) is 0 Å². The van der Waals surface area contributed by atoms with E-state index < -0.39 is 34.2 Å². The van der Waals surface area contributed by atoms with Gasteiger partial charge in [0.15, 0.2) is 0 Å². The number of hydrogen-bond acceptors (Lipinski definition) is 4. The highest BCUT2D eigenvalue weighted by Crippen LogP contribution is 2.36. The molecule has 0 aliphatic carbocycles. The first-order valence-corrected chi connectivity index (χ1v) is 5.79. The molecule has 2 rings (SSSR count). The fourth-order valence-corrected chi connectivity index (χ4v) is 2.24. The van der Waals surface area contributed by atoms with E-state index in [0.29, 0.717) is 0 Å². The molecule has 8 heteroatoms. The van der Waals surface area contributed by atoms with Crippen molar-refractivity contribution < 1.29 is 24.0 Å². The minimum atomic E-state index is -1.16. The van der Waals surface area contributed by atoms with Crippen molar-refractivity contribution in [2.45, 2.75) is 13.3 Å². The summed E-state index contributed by atoms with van der Waals surface area (Å²) in [6, 6.07) is 1.92. The van der Waals surface area contributed by atoms with E-state index in [1.807, 2.05) is 0 Å². The van der Waals surface area contributed by atoms with Crippen molar-refractivity contribution in [2.75, 3.05) is 11.4 Å². The molecule has 1 amide bonds. The topological polar surface area (TPSA) is 101 Å². The zero-order chi connectivity index (χ0) is 15.0. The van der Waals surface area contributed by atoms with Gasteiger partial charge in [0.1, 0.15) is 11.5 Å². The number of nitro groups is 1. The second-order valence-corrected chi connectivity index (χ2v) is 4.54. The molecule has 0 aromatic heterocycles. The summed E-state index contributed by atoms with van der Waals surface area (Å²) in [4.78, 5) is 34.0. The fraction of sp³-hybridized carbons (Fsp3) is 0.333. The van der Waals surface area contributed by atoms with Gasteiger partial charge in [0.05, 0.1) is 10.8 Å². The standard InChI is InChI=1S/C12H11FN2O5/c1-6-8(13)2-3-9(15(19)20)11(6)14-5-7(12(17)18)4-10(14)16/h2-3,7H,4-5H2,1H3,(H,17,18). The average molecular weight is 282 g/mol. The molecule has 1 aliphatic heterocycles. The van der Waals surface area contributed by atoms with Crippen molar-refractivity contribution in [1.82, 2.24) is 0 Å². The fourth-order valence-electron chi connectivity index (χ4n) is 2.24. The smallest absolute Gasteiger partial charge is 0.308 e. The number of carbonyl (C=O) groups is 2. The van der Waals surface area contributed by atoms with Gasteiger partial charge in [-0.1, -0.05) is 0 Å². The highest BCUT2D eigenvalue weighted by atomic mass is 19.1. The molecule has 1 saturated heterocycles. The molecule has 1 aliphatic rings. The van der Waals surface area contributed by atoms with Crippen LogP contribution >= 0.6 is 0 Å². The predicted octanol–water partition coefficient (Wildman–Crippen LogP) is 1.48. The summed E-state index contributed by atoms with van der Waals surface area (Å²) in [6.07, 6.45) is -0.248. The number of rotatable bonds is 3. The van der Waals surface area contributed by atoms with Crippen molar-refractivity contribution in [1.29, 1.82) is 0 Å². The molecule has 1 fully saturated rings. The van der Waals surface area contributed by atoms with E-state index in [-0.39, 0.29) is 24.2 Å². The number of nitrogens with zero attached hydrogens (tertiary/aromatic N) is 2. The van der Waals surface area contributed by atoms with Crippen LogP contribution in [0.4, 0.5) is 15.8 Å². The molecule has 0 radical (unpaired) electrons. The average Bonchev–Trinajstić information content (AvgIpc) is 2.74. The molecule has 1 N–H and O–H groups in total. The summed E-state index contributed by atoms with van der Waals surface area (Å²) in [5.41, 5.74) is -0.620. The van der Waals surface area contributed by atoms with Crippen LogP contribution in [-0.4, -0.2) is 28.5 Å². The van der Waals surface area contributed by atoms with Crippen LogP contribution in [0.2, 0.25) is 0 Å². The Morgan fingerprint density at radius 1 is 1.55 bits per heavy atom. The van der Waals surface area contributed by atoms with E-state index in [0.717, 1.165) is 17.0 Å². The third-order valence-corrected chi connectivity index (χ3v) is 3.28. The van der Waals surface area contributed by atoms with E-state index in [9.17, 15) is 24.1 Å². The molecule has 7 nitrogen and oxygen atoms in total. The van der Waals surface area contributed by atoms with Crippen molar-refractivity contribution >= 4 is 23.3 Å². The van der Waals surface area contributed by atoms with Crippen LogP contribution in [0.25, 0.3) is 0 Å². The Balaban J connectivity index is 2.52. The highest BCUT2D eigenvalue weighted by molar-refractivity contribution is 6.01. The molecular weight excluding hydrogens is 271 g/mol. The van der Waals surface area contributed by atoms with Crippen LogP contribution < -0.4 is 4.90 Å². The number of nitro benzene ring substituents is 1. The zero-order valence-corrected chi connectivity index (χ0v) is 10.5. The van der Waals surface area contributed by atoms with E-state index in [2.05, 4.69) is 0 Å². The molecule has 1 unspecified atom stereocenters. The van der Waals surface area contributed by atoms with Gasteiger partial charge < -0.3 is 10.0 Å². The normalized spacial score (nSPS) is 18.4. The molecule has 1 heterocycles. The van der Waals surface area contributed by atoms with Gasteiger partial charge in [-0.05, 0) is 13.0 Å². The number of carboxylic acids is 1. The van der Waals surface area contributed by atoms with Gasteiger partial charge in [-0.2, -0.15) is 0 Å². The summed E-state index contributed by atoms with van der Waals surface area (Å²) in [5.74, 6) is -3.34. The van der Waals surface area contributed by atoms with Gasteiger partial charge in [0, 0.05) is 24.6 Å². The Kier molecular flexibility index (Phi) is 3.39. The van der Waals surface area contributed by atoms with Crippen molar-refractivity contribution in [2.24, 2.45) is 5.92 Å². The Labute approximate surface area is 112 Å². The summed E-state index contributed by atoms with van der Waals surface area (Å²) in [7, 11) is 0. The van der Waals surface area contributed by atoms with Gasteiger partial charge in [-0.15, -0.1) is 0 Å². The van der Waals surface area contributed by atoms with Crippen LogP contribution in [-0.2, 0) is 9.59 Å². The molecule has 106 valence electrons. The Morgan fingerprint density at radius 2 is 2.20 bits per heavy atom. The molecule has 1 aromatic rings. The second-order valence-electron chi connectivity index (χ2n) is 4.54. The number of amides is 1. The van der Waals surface area contributed by atoms with Gasteiger partial charge in [0.25, 0.3) is 5.69 Å². The third kappa shape index (κ3) is 2.20. The van der Waals surface area contributed by atoms with Crippen LogP contribution in [0.3, 0.4) is 0 Å². The number of anilines is 1. The van der Waals surface area contributed by atoms with Crippen LogP contribution in [0.15, 0.2) is 12.1 Å². The number of carbonyl (C=O) groups excluding carboxylic acids is 1. The molecule has 0 bridgehead atoms. The summed E-state index contributed by atoms with van der Waals surface area (Å²) < 4.78 is 13.6. The van der Waals surface area contributed by atoms with Gasteiger partial charge in [0.2, 0.25) is 5.91 Å². The third-order valence-electron chi connectivity index (χ3n) is 3.28. The first-order valence-electron chi connectivity index (χ1n) is 5.79. The van der Waals surface area contributed by atoms with Crippen LogP contribution in [0.5, 0.6) is 0 Å². The maximum Gasteiger partial charge on any atom is 0.308 e. The lowest BCUT2D eigenvalue weighted by molar-refractivity contribution is -0.384. The molecule has 20 heavy (non-hydrogen) atoms. The Morgan fingerprint density at radius 3 is 2.70 bits per heavy atom. The van der Waals surface area contributed by atoms with Gasteiger partial charge in [-0.3, -0.25) is 19.7 Å². The van der Waals surface area contributed by atoms with Crippen molar-refractivity contribution in [3.63, 3.8) is 0 Å². The summed E-state index contributed by atoms with van der Waals surface area (Å²) >= 11 is 0. The zero-order valence-electron chi connectivity index (χ0n) is 10.5. The lowest BCUT2D eigenvalue weighted by Crippen LogP contribution is -2.27. The number of carboxylic acid groups (broad SMARTS) is 1.